The lowest BCUT2D eigenvalue weighted by molar-refractivity contribution is -0.0490. The Bertz CT molecular complexity index is 1170. The van der Waals surface area contributed by atoms with Crippen molar-refractivity contribution in [1.29, 1.82) is 0 Å². The van der Waals surface area contributed by atoms with E-state index < -0.39 is 38.4 Å². The van der Waals surface area contributed by atoms with Gasteiger partial charge in [0.1, 0.15) is 18.3 Å². The van der Waals surface area contributed by atoms with E-state index in [0.717, 1.165) is 18.4 Å². The first kappa shape index (κ1) is 42.1. The van der Waals surface area contributed by atoms with Crippen molar-refractivity contribution in [2.24, 2.45) is 0 Å². The Kier molecular flexibility index (Phi) is 23.4. The number of benzene rings is 1. The van der Waals surface area contributed by atoms with Crippen LogP contribution in [0.5, 0.6) is 0 Å². The number of nitrogens with two attached hydrogens (primary N) is 1. The summed E-state index contributed by atoms with van der Waals surface area (Å²) in [7, 11) is -4.20. The lowest BCUT2D eigenvalue weighted by atomic mass is 10.0. The first-order valence-corrected chi connectivity index (χ1v) is 19.8. The second-order valence-corrected chi connectivity index (χ2v) is 14.4. The highest BCUT2D eigenvalue weighted by molar-refractivity contribution is 7.52. The second-order valence-electron chi connectivity index (χ2n) is 12.6. The molecule has 2 aromatic rings. The van der Waals surface area contributed by atoms with Crippen LogP contribution in [0.4, 0.5) is 5.82 Å². The van der Waals surface area contributed by atoms with Crippen molar-refractivity contribution in [2.45, 2.75) is 135 Å². The maximum atomic E-state index is 12.8. The SMILES string of the molecule is CCCCCCCCCCCCCCCCCCOC[C@H](COP(=O)(O)CO[C@H](CO)Cn1ccc(N)nc1=O)OCc1ccccc1. The molecule has 0 aliphatic rings. The topological polar surface area (TPSA) is 155 Å². The highest BCUT2D eigenvalue weighted by Crippen LogP contribution is 2.42. The Morgan fingerprint density at radius 3 is 1.96 bits per heavy atom. The molecule has 0 saturated heterocycles. The van der Waals surface area contributed by atoms with Crippen LogP contribution in [-0.2, 0) is 36.5 Å². The third kappa shape index (κ3) is 21.1. The molecule has 12 heteroatoms. The Hall–Kier alpha value is -2.11. The number of anilines is 1. The molecule has 48 heavy (non-hydrogen) atoms. The standard InChI is InChI=1S/C36H62N3O8P/c1-2-3-4-5-6-7-8-9-10-11-12-13-14-15-16-20-25-44-29-34(45-28-32-21-18-17-19-22-32)30-47-48(42,43)31-46-33(27-40)26-39-24-23-35(37)38-36(39)41/h17-19,21-24,33-34,40H,2-16,20,25-31H2,1H3,(H,42,43)(H2,37,38,41)/t33-,34+/m0/s1. The van der Waals surface area contributed by atoms with Crippen molar-refractivity contribution in [3.8, 4) is 0 Å². The molecule has 1 heterocycles. The molecule has 0 saturated carbocycles. The van der Waals surface area contributed by atoms with Gasteiger partial charge in [-0.1, -0.05) is 134 Å². The number of nitrogen functional groups attached to an aromatic ring is 1. The predicted molar refractivity (Wildman–Crippen MR) is 191 cm³/mol. The minimum absolute atomic E-state index is 0.0708. The van der Waals surface area contributed by atoms with E-state index in [2.05, 4.69) is 11.9 Å². The van der Waals surface area contributed by atoms with Crippen molar-refractivity contribution in [3.05, 3.63) is 58.6 Å². The minimum Gasteiger partial charge on any atom is -0.394 e. The first-order valence-electron chi connectivity index (χ1n) is 18.1. The van der Waals surface area contributed by atoms with E-state index in [4.69, 9.17) is 24.5 Å². The summed E-state index contributed by atoms with van der Waals surface area (Å²) in [6.07, 6.45) is 20.2. The highest BCUT2D eigenvalue weighted by atomic mass is 31.2. The monoisotopic (exact) mass is 695 g/mol. The van der Waals surface area contributed by atoms with Gasteiger partial charge >= 0.3 is 13.3 Å². The zero-order valence-electron chi connectivity index (χ0n) is 29.2. The molecule has 2 rings (SSSR count). The lowest BCUT2D eigenvalue weighted by Gasteiger charge is -2.22. The Labute approximate surface area is 288 Å². The molecule has 0 spiro atoms. The van der Waals surface area contributed by atoms with Gasteiger partial charge in [-0.3, -0.25) is 9.13 Å². The van der Waals surface area contributed by atoms with Crippen LogP contribution in [-0.4, -0.2) is 64.5 Å². The number of rotatable bonds is 31. The van der Waals surface area contributed by atoms with Crippen molar-refractivity contribution in [2.75, 3.05) is 38.5 Å². The van der Waals surface area contributed by atoms with Crippen LogP contribution < -0.4 is 11.4 Å². The molecule has 1 unspecified atom stereocenters. The molecule has 1 aromatic carbocycles. The molecule has 0 aliphatic carbocycles. The summed E-state index contributed by atoms with van der Waals surface area (Å²) < 4.78 is 36.6. The quantitative estimate of drug-likeness (QED) is 0.0544. The van der Waals surface area contributed by atoms with E-state index in [1.165, 1.54) is 107 Å². The van der Waals surface area contributed by atoms with E-state index in [0.29, 0.717) is 13.2 Å². The van der Waals surface area contributed by atoms with Gasteiger partial charge in [0.2, 0.25) is 0 Å². The van der Waals surface area contributed by atoms with Crippen LogP contribution in [0, 0.1) is 0 Å². The van der Waals surface area contributed by atoms with Crippen LogP contribution in [0.1, 0.15) is 115 Å². The molecule has 0 bridgehead atoms. The highest BCUT2D eigenvalue weighted by Gasteiger charge is 2.25. The van der Waals surface area contributed by atoms with Gasteiger partial charge in [0, 0.05) is 12.8 Å². The van der Waals surface area contributed by atoms with Crippen LogP contribution in [0.25, 0.3) is 0 Å². The molecule has 1 aromatic heterocycles. The molecule has 274 valence electrons. The van der Waals surface area contributed by atoms with E-state index in [-0.39, 0.29) is 25.6 Å². The third-order valence-electron chi connectivity index (χ3n) is 8.21. The fraction of sp³-hybridized carbons (Fsp3) is 0.722. The van der Waals surface area contributed by atoms with E-state index in [1.54, 1.807) is 0 Å². The summed E-state index contributed by atoms with van der Waals surface area (Å²) in [6, 6.07) is 11.1. The number of hydrogen-bond donors (Lipinski definition) is 3. The molecule has 0 aliphatic heterocycles. The zero-order valence-corrected chi connectivity index (χ0v) is 30.1. The van der Waals surface area contributed by atoms with Gasteiger partial charge in [-0.25, -0.2) is 4.79 Å². The lowest BCUT2D eigenvalue weighted by Crippen LogP contribution is -2.32. The van der Waals surface area contributed by atoms with Gasteiger partial charge in [0.15, 0.2) is 0 Å². The smallest absolute Gasteiger partial charge is 0.353 e. The number of aliphatic hydroxyl groups is 1. The summed E-state index contributed by atoms with van der Waals surface area (Å²) in [4.78, 5) is 26.0. The predicted octanol–water partition coefficient (Wildman–Crippen LogP) is 7.23. The number of ether oxygens (including phenoxy) is 3. The summed E-state index contributed by atoms with van der Waals surface area (Å²) in [5, 5.41) is 9.67. The fourth-order valence-corrected chi connectivity index (χ4v) is 6.17. The van der Waals surface area contributed by atoms with Crippen LogP contribution in [0.2, 0.25) is 0 Å². The Balaban J connectivity index is 1.62. The summed E-state index contributed by atoms with van der Waals surface area (Å²) >= 11 is 0. The van der Waals surface area contributed by atoms with Gasteiger partial charge in [0.25, 0.3) is 0 Å². The van der Waals surface area contributed by atoms with E-state index in [9.17, 15) is 19.4 Å². The molecule has 4 N–H and O–H groups in total. The summed E-state index contributed by atoms with van der Waals surface area (Å²) in [5.41, 5.74) is 5.86. The maximum absolute atomic E-state index is 12.8. The molecule has 0 fully saturated rings. The number of aliphatic hydroxyl groups excluding tert-OH is 1. The molecule has 11 nitrogen and oxygen atoms in total. The Morgan fingerprint density at radius 1 is 0.812 bits per heavy atom. The Morgan fingerprint density at radius 2 is 1.40 bits per heavy atom. The number of hydrogen-bond acceptors (Lipinski definition) is 9. The first-order chi connectivity index (χ1) is 23.3. The van der Waals surface area contributed by atoms with Gasteiger partial charge in [0.05, 0.1) is 39.1 Å². The average molecular weight is 696 g/mol. The molecule has 3 atom stereocenters. The van der Waals surface area contributed by atoms with Crippen molar-refractivity contribution >= 4 is 13.4 Å². The largest absolute Gasteiger partial charge is 0.394 e. The van der Waals surface area contributed by atoms with Crippen LogP contribution >= 0.6 is 7.60 Å². The second kappa shape index (κ2) is 26.7. The van der Waals surface area contributed by atoms with Crippen molar-refractivity contribution in [3.63, 3.8) is 0 Å². The third-order valence-corrected chi connectivity index (χ3v) is 9.24. The number of unbranched alkanes of at least 4 members (excludes halogenated alkanes) is 15. The van der Waals surface area contributed by atoms with Gasteiger partial charge < -0.3 is 34.5 Å². The van der Waals surface area contributed by atoms with E-state index in [1.807, 2.05) is 30.3 Å². The van der Waals surface area contributed by atoms with Gasteiger partial charge in [-0.15, -0.1) is 0 Å². The van der Waals surface area contributed by atoms with Gasteiger partial charge in [-0.05, 0) is 18.1 Å². The van der Waals surface area contributed by atoms with Crippen molar-refractivity contribution in [1.82, 2.24) is 9.55 Å². The summed E-state index contributed by atoms with van der Waals surface area (Å²) in [5.74, 6) is 0.0732. The van der Waals surface area contributed by atoms with Crippen LogP contribution in [0.3, 0.4) is 0 Å². The van der Waals surface area contributed by atoms with E-state index >= 15 is 0 Å². The normalized spacial score (nSPS) is 14.1. The van der Waals surface area contributed by atoms with Crippen LogP contribution in [0.15, 0.2) is 47.4 Å². The molecular weight excluding hydrogens is 633 g/mol. The molecule has 0 amide bonds. The number of aromatic nitrogens is 2. The van der Waals surface area contributed by atoms with Gasteiger partial charge in [-0.2, -0.15) is 4.98 Å². The zero-order chi connectivity index (χ0) is 34.7. The van der Waals surface area contributed by atoms with Crippen molar-refractivity contribution < 1.29 is 33.3 Å². The number of nitrogens with zero attached hydrogens (tertiary/aromatic N) is 2. The average Bonchev–Trinajstić information content (AvgIpc) is 3.08. The maximum Gasteiger partial charge on any atom is 0.353 e. The molecule has 0 radical (unpaired) electrons. The summed E-state index contributed by atoms with van der Waals surface area (Å²) in [6.45, 7) is 2.66. The molecular formula is C36H62N3O8P. The fourth-order valence-electron chi connectivity index (χ4n) is 5.30. The minimum atomic E-state index is -4.20.